The second-order valence-electron chi connectivity index (χ2n) is 7.54. The van der Waals surface area contributed by atoms with E-state index in [0.717, 1.165) is 11.6 Å². The number of ether oxygens (including phenoxy) is 1. The molecule has 6 heteroatoms. The van der Waals surface area contributed by atoms with Crippen LogP contribution in [0.5, 0.6) is 5.75 Å². The van der Waals surface area contributed by atoms with Gasteiger partial charge in [0.05, 0.1) is 0 Å². The molecule has 3 aromatic carbocycles. The zero-order chi connectivity index (χ0) is 23.9. The maximum absolute atomic E-state index is 14.0. The first kappa shape index (κ1) is 22.9. The Labute approximate surface area is 195 Å². The lowest BCUT2D eigenvalue weighted by atomic mass is 9.93. The third kappa shape index (κ3) is 5.53. The lowest BCUT2D eigenvalue weighted by molar-refractivity contribution is -0.131. The highest BCUT2D eigenvalue weighted by molar-refractivity contribution is 5.88. The minimum atomic E-state index is -2.69. The van der Waals surface area contributed by atoms with Crippen LogP contribution in [0.4, 0.5) is 8.78 Å². The molecular formula is C28H21F2NO3. The summed E-state index contributed by atoms with van der Waals surface area (Å²) >= 11 is 0. The minimum absolute atomic E-state index is 0.122. The number of hydrogen-bond acceptors (Lipinski definition) is 3. The molecule has 0 aliphatic carbocycles. The molecule has 34 heavy (non-hydrogen) atoms. The van der Waals surface area contributed by atoms with E-state index in [9.17, 15) is 13.6 Å². The van der Waals surface area contributed by atoms with Crippen LogP contribution in [0, 0.1) is 0 Å². The van der Waals surface area contributed by atoms with Crippen molar-refractivity contribution >= 4 is 12.0 Å². The van der Waals surface area contributed by atoms with Gasteiger partial charge in [-0.3, -0.25) is 4.98 Å². The van der Waals surface area contributed by atoms with Crippen molar-refractivity contribution in [1.82, 2.24) is 4.98 Å². The molecule has 1 aromatic heterocycles. The van der Waals surface area contributed by atoms with Crippen molar-refractivity contribution in [3.63, 3.8) is 0 Å². The van der Waals surface area contributed by atoms with E-state index in [1.807, 2.05) is 30.3 Å². The van der Waals surface area contributed by atoms with Gasteiger partial charge in [-0.05, 0) is 58.2 Å². The Balaban J connectivity index is 1.72. The number of hydrogen-bond donors (Lipinski definition) is 1. The standard InChI is InChI=1S/C28H21F2NO3/c29-28(30)26-16-21(8-11-25(26)22-7-4-14-31-17-22)24-12-10-23(15-20(24)9-13-27(32)33)34-18-19-5-2-1-3-6-19/h1-17,28H,18H2,(H,32,33)/b13-9+. The summed E-state index contributed by atoms with van der Waals surface area (Å²) in [6.07, 6.45) is 2.88. The van der Waals surface area contributed by atoms with E-state index in [-0.39, 0.29) is 5.56 Å². The van der Waals surface area contributed by atoms with Gasteiger partial charge in [0.1, 0.15) is 12.4 Å². The van der Waals surface area contributed by atoms with Crippen LogP contribution in [0.1, 0.15) is 23.1 Å². The highest BCUT2D eigenvalue weighted by Gasteiger charge is 2.17. The predicted molar refractivity (Wildman–Crippen MR) is 128 cm³/mol. The smallest absolute Gasteiger partial charge is 0.328 e. The molecule has 1 N–H and O–H groups in total. The molecule has 0 amide bonds. The number of aromatic nitrogens is 1. The largest absolute Gasteiger partial charge is 0.489 e. The number of nitrogens with zero attached hydrogens (tertiary/aromatic N) is 1. The number of pyridine rings is 1. The fourth-order valence-corrected chi connectivity index (χ4v) is 3.63. The van der Waals surface area contributed by atoms with Crippen LogP contribution in [-0.4, -0.2) is 16.1 Å². The molecule has 0 aliphatic rings. The molecule has 4 nitrogen and oxygen atoms in total. The highest BCUT2D eigenvalue weighted by Crippen LogP contribution is 2.36. The fourth-order valence-electron chi connectivity index (χ4n) is 3.63. The van der Waals surface area contributed by atoms with Crippen LogP contribution >= 0.6 is 0 Å². The number of halogens is 2. The second kappa shape index (κ2) is 10.5. The summed E-state index contributed by atoms with van der Waals surface area (Å²) in [6.45, 7) is 0.345. The van der Waals surface area contributed by atoms with Gasteiger partial charge in [-0.15, -0.1) is 0 Å². The predicted octanol–water partition coefficient (Wildman–Crippen LogP) is 7.03. The summed E-state index contributed by atoms with van der Waals surface area (Å²) < 4.78 is 33.8. The number of rotatable bonds is 8. The highest BCUT2D eigenvalue weighted by atomic mass is 19.3. The number of aliphatic carboxylic acids is 1. The molecule has 0 saturated carbocycles. The molecule has 1 heterocycles. The third-order valence-corrected chi connectivity index (χ3v) is 5.25. The van der Waals surface area contributed by atoms with Crippen molar-refractivity contribution in [2.75, 3.05) is 0 Å². The van der Waals surface area contributed by atoms with Crippen molar-refractivity contribution in [2.24, 2.45) is 0 Å². The van der Waals surface area contributed by atoms with E-state index < -0.39 is 12.4 Å². The SMILES string of the molecule is O=C(O)/C=C/c1cc(OCc2ccccc2)ccc1-c1ccc(-c2cccnc2)c(C(F)F)c1. The quantitative estimate of drug-likeness (QED) is 0.289. The van der Waals surface area contributed by atoms with Gasteiger partial charge in [-0.1, -0.05) is 54.6 Å². The topological polar surface area (TPSA) is 59.4 Å². The van der Waals surface area contributed by atoms with Crippen LogP contribution in [0.15, 0.2) is 97.3 Å². The van der Waals surface area contributed by atoms with Gasteiger partial charge >= 0.3 is 5.97 Å². The number of carboxylic acid groups (broad SMARTS) is 1. The zero-order valence-electron chi connectivity index (χ0n) is 18.1. The molecule has 0 saturated heterocycles. The van der Waals surface area contributed by atoms with Crippen LogP contribution in [0.3, 0.4) is 0 Å². The number of carbonyl (C=O) groups is 1. The average Bonchev–Trinajstić information content (AvgIpc) is 2.87. The Kier molecular flexibility index (Phi) is 7.08. The second-order valence-corrected chi connectivity index (χ2v) is 7.54. The summed E-state index contributed by atoms with van der Waals surface area (Å²) in [5.74, 6) is -0.569. The van der Waals surface area contributed by atoms with Gasteiger partial charge in [0.25, 0.3) is 6.43 Å². The van der Waals surface area contributed by atoms with Gasteiger partial charge in [-0.25, -0.2) is 13.6 Å². The summed E-state index contributed by atoms with van der Waals surface area (Å²) in [7, 11) is 0. The maximum atomic E-state index is 14.0. The van der Waals surface area contributed by atoms with Gasteiger partial charge in [0, 0.05) is 29.6 Å². The maximum Gasteiger partial charge on any atom is 0.328 e. The Morgan fingerprint density at radius 1 is 0.941 bits per heavy atom. The molecule has 0 radical (unpaired) electrons. The molecule has 0 unspecified atom stereocenters. The van der Waals surface area contributed by atoms with Gasteiger partial charge in [-0.2, -0.15) is 0 Å². The molecule has 0 fully saturated rings. The van der Waals surface area contributed by atoms with Crippen LogP contribution in [0.2, 0.25) is 0 Å². The molecule has 0 bridgehead atoms. The van der Waals surface area contributed by atoms with Gasteiger partial charge in [0.15, 0.2) is 0 Å². The van der Waals surface area contributed by atoms with E-state index in [1.165, 1.54) is 12.1 Å². The Hall–Kier alpha value is -4.32. The van der Waals surface area contributed by atoms with Crippen molar-refractivity contribution in [1.29, 1.82) is 0 Å². The third-order valence-electron chi connectivity index (χ3n) is 5.25. The Morgan fingerprint density at radius 3 is 2.44 bits per heavy atom. The van der Waals surface area contributed by atoms with Crippen molar-refractivity contribution in [3.05, 3.63) is 114 Å². The summed E-state index contributed by atoms with van der Waals surface area (Å²) in [5, 5.41) is 9.11. The van der Waals surface area contributed by atoms with Crippen molar-refractivity contribution < 1.29 is 23.4 Å². The molecule has 4 rings (SSSR count). The van der Waals surface area contributed by atoms with E-state index in [4.69, 9.17) is 9.84 Å². The van der Waals surface area contributed by atoms with Crippen molar-refractivity contribution in [3.8, 4) is 28.0 Å². The van der Waals surface area contributed by atoms with Crippen LogP contribution < -0.4 is 4.74 Å². The monoisotopic (exact) mass is 457 g/mol. The molecule has 4 aromatic rings. The number of alkyl halides is 2. The minimum Gasteiger partial charge on any atom is -0.489 e. The van der Waals surface area contributed by atoms with E-state index in [0.29, 0.717) is 40.2 Å². The number of benzene rings is 3. The lowest BCUT2D eigenvalue weighted by Crippen LogP contribution is -1.97. The normalized spacial score (nSPS) is 11.1. The van der Waals surface area contributed by atoms with Crippen LogP contribution in [0.25, 0.3) is 28.3 Å². The zero-order valence-corrected chi connectivity index (χ0v) is 18.1. The first-order chi connectivity index (χ1) is 16.5. The molecule has 0 aliphatic heterocycles. The summed E-state index contributed by atoms with van der Waals surface area (Å²) in [5.41, 5.74) is 3.57. The number of carboxylic acids is 1. The molecule has 170 valence electrons. The Bertz CT molecular complexity index is 1310. The molecular weight excluding hydrogens is 436 g/mol. The van der Waals surface area contributed by atoms with E-state index >= 15 is 0 Å². The van der Waals surface area contributed by atoms with E-state index in [1.54, 1.807) is 54.9 Å². The molecule has 0 atom stereocenters. The van der Waals surface area contributed by atoms with E-state index in [2.05, 4.69) is 4.98 Å². The first-order valence-electron chi connectivity index (χ1n) is 10.6. The first-order valence-corrected chi connectivity index (χ1v) is 10.6. The molecule has 0 spiro atoms. The lowest BCUT2D eigenvalue weighted by Gasteiger charge is -2.14. The Morgan fingerprint density at radius 2 is 1.74 bits per heavy atom. The summed E-state index contributed by atoms with van der Waals surface area (Å²) in [4.78, 5) is 15.2. The van der Waals surface area contributed by atoms with Crippen molar-refractivity contribution in [2.45, 2.75) is 13.0 Å². The van der Waals surface area contributed by atoms with Crippen LogP contribution in [-0.2, 0) is 11.4 Å². The summed E-state index contributed by atoms with van der Waals surface area (Å²) in [6, 6.07) is 23.1. The van der Waals surface area contributed by atoms with Gasteiger partial charge in [0.2, 0.25) is 0 Å². The average molecular weight is 457 g/mol. The van der Waals surface area contributed by atoms with Gasteiger partial charge < -0.3 is 9.84 Å². The fraction of sp³-hybridized carbons (Fsp3) is 0.0714.